The number of hydrogen-bond donors (Lipinski definition) is 0. The van der Waals surface area contributed by atoms with E-state index in [2.05, 4.69) is 26.9 Å². The van der Waals surface area contributed by atoms with Gasteiger partial charge in [-0.05, 0) is 52.2 Å². The van der Waals surface area contributed by atoms with Crippen LogP contribution in [0.4, 0.5) is 0 Å². The van der Waals surface area contributed by atoms with E-state index in [4.69, 9.17) is 0 Å². The van der Waals surface area contributed by atoms with Crippen molar-refractivity contribution in [1.29, 1.82) is 0 Å². The molecular weight excluding hydrogens is 346 g/mol. The topological polar surface area (TPSA) is 63.4 Å². The second-order valence-electron chi connectivity index (χ2n) is 7.75. The lowest BCUT2D eigenvalue weighted by Crippen LogP contribution is -2.43. The second kappa shape index (κ2) is 6.83. The first-order valence-corrected chi connectivity index (χ1v) is 10.8. The minimum absolute atomic E-state index is 0.240. The molecule has 140 valence electrons. The summed E-state index contributed by atoms with van der Waals surface area (Å²) in [6.45, 7) is 6.19. The molecule has 4 rings (SSSR count). The number of fused-ring (bicyclic) bond motifs is 2. The van der Waals surface area contributed by atoms with Crippen molar-refractivity contribution in [2.24, 2.45) is 5.92 Å². The van der Waals surface area contributed by atoms with Crippen LogP contribution < -0.4 is 0 Å². The van der Waals surface area contributed by atoms with Gasteiger partial charge >= 0.3 is 0 Å². The van der Waals surface area contributed by atoms with Crippen LogP contribution in [0, 0.1) is 19.8 Å². The van der Waals surface area contributed by atoms with Gasteiger partial charge in [-0.25, -0.2) is 9.50 Å². The van der Waals surface area contributed by atoms with Crippen LogP contribution in [-0.4, -0.2) is 48.7 Å². The van der Waals surface area contributed by atoms with Crippen LogP contribution in [0.2, 0.25) is 0 Å². The summed E-state index contributed by atoms with van der Waals surface area (Å²) in [5, 5.41) is 5.21. The van der Waals surface area contributed by atoms with Gasteiger partial charge in [0.05, 0.1) is 6.42 Å². The van der Waals surface area contributed by atoms with Gasteiger partial charge in [0.25, 0.3) is 5.78 Å². The molecular formula is C19H27N5OS. The van der Waals surface area contributed by atoms with E-state index in [9.17, 15) is 4.79 Å². The maximum absolute atomic E-state index is 13.2. The molecule has 1 saturated heterocycles. The highest BCUT2D eigenvalue weighted by Crippen LogP contribution is 2.39. The fourth-order valence-corrected chi connectivity index (χ4v) is 5.25. The molecule has 0 spiro atoms. The standard InChI is InChI=1S/C19H27N5OS/c1-11-9-14-7-5-6-8-16(14)23(11)17(25)10-15-12(2)20-18-21-19(26-4)22-24(18)13(15)3/h11,14,16H,5-10H2,1-4H3. The smallest absolute Gasteiger partial charge is 0.253 e. The van der Waals surface area contributed by atoms with E-state index in [0.29, 0.717) is 35.4 Å². The third-order valence-electron chi connectivity index (χ3n) is 6.17. The Labute approximate surface area is 158 Å². The molecule has 3 heterocycles. The van der Waals surface area contributed by atoms with Crippen LogP contribution in [0.25, 0.3) is 5.78 Å². The maximum atomic E-state index is 13.2. The molecule has 3 atom stereocenters. The zero-order valence-electron chi connectivity index (χ0n) is 16.0. The van der Waals surface area contributed by atoms with E-state index in [-0.39, 0.29) is 5.91 Å². The van der Waals surface area contributed by atoms with Crippen LogP contribution in [0.3, 0.4) is 0 Å². The van der Waals surface area contributed by atoms with Crippen molar-refractivity contribution >= 4 is 23.4 Å². The highest BCUT2D eigenvalue weighted by Gasteiger charge is 2.42. The van der Waals surface area contributed by atoms with Gasteiger partial charge in [-0.15, -0.1) is 5.10 Å². The number of thioether (sulfide) groups is 1. The van der Waals surface area contributed by atoms with Gasteiger partial charge in [0.2, 0.25) is 11.1 Å². The minimum atomic E-state index is 0.240. The maximum Gasteiger partial charge on any atom is 0.253 e. The molecule has 1 aliphatic carbocycles. The van der Waals surface area contributed by atoms with Crippen LogP contribution in [0.1, 0.15) is 56.0 Å². The van der Waals surface area contributed by atoms with Gasteiger partial charge < -0.3 is 4.90 Å². The third-order valence-corrected chi connectivity index (χ3v) is 6.71. The lowest BCUT2D eigenvalue weighted by molar-refractivity contribution is -0.133. The summed E-state index contributed by atoms with van der Waals surface area (Å²) in [7, 11) is 0. The Bertz CT molecular complexity index is 848. The lowest BCUT2D eigenvalue weighted by atomic mass is 9.85. The quantitative estimate of drug-likeness (QED) is 0.773. The lowest BCUT2D eigenvalue weighted by Gasteiger charge is -2.33. The normalized spacial score (nSPS) is 25.7. The van der Waals surface area contributed by atoms with Gasteiger partial charge in [-0.3, -0.25) is 4.79 Å². The predicted octanol–water partition coefficient (Wildman–Crippen LogP) is 3.19. The number of nitrogens with zero attached hydrogens (tertiary/aromatic N) is 5. The van der Waals surface area contributed by atoms with Crippen molar-refractivity contribution in [2.75, 3.05) is 6.26 Å². The largest absolute Gasteiger partial charge is 0.336 e. The number of aromatic nitrogens is 4. The molecule has 0 bridgehead atoms. The van der Waals surface area contributed by atoms with Crippen molar-refractivity contribution in [3.63, 3.8) is 0 Å². The molecule has 1 amide bonds. The predicted molar refractivity (Wildman–Crippen MR) is 102 cm³/mol. The minimum Gasteiger partial charge on any atom is -0.336 e. The Hall–Kier alpha value is -1.63. The molecule has 2 aliphatic rings. The van der Waals surface area contributed by atoms with E-state index >= 15 is 0 Å². The SMILES string of the molecule is CSc1nc2nc(C)c(CC(=O)N3C(C)CC4CCCCC43)c(C)n2n1. The van der Waals surface area contributed by atoms with Crippen LogP contribution in [-0.2, 0) is 11.2 Å². The summed E-state index contributed by atoms with van der Waals surface area (Å²) in [6.07, 6.45) is 8.53. The first kappa shape index (κ1) is 17.8. The molecule has 26 heavy (non-hydrogen) atoms. The average Bonchev–Trinajstić information content (AvgIpc) is 3.18. The van der Waals surface area contributed by atoms with E-state index in [1.807, 2.05) is 20.1 Å². The molecule has 6 nitrogen and oxygen atoms in total. The Morgan fingerprint density at radius 1 is 1.23 bits per heavy atom. The number of amides is 1. The number of carbonyl (C=O) groups is 1. The second-order valence-corrected chi connectivity index (χ2v) is 8.52. The average molecular weight is 374 g/mol. The summed E-state index contributed by atoms with van der Waals surface area (Å²) in [5.41, 5.74) is 2.85. The molecule has 3 unspecified atom stereocenters. The van der Waals surface area contributed by atoms with Crippen molar-refractivity contribution in [1.82, 2.24) is 24.5 Å². The Kier molecular flexibility index (Phi) is 4.67. The molecule has 7 heteroatoms. The molecule has 1 aliphatic heterocycles. The van der Waals surface area contributed by atoms with Crippen molar-refractivity contribution in [3.8, 4) is 0 Å². The molecule has 0 aromatic carbocycles. The molecule has 0 N–H and O–H groups in total. The Morgan fingerprint density at radius 2 is 2.00 bits per heavy atom. The van der Waals surface area contributed by atoms with Crippen LogP contribution >= 0.6 is 11.8 Å². The fraction of sp³-hybridized carbons (Fsp3) is 0.684. The van der Waals surface area contributed by atoms with E-state index in [1.54, 1.807) is 4.52 Å². The number of rotatable bonds is 3. The molecule has 2 fully saturated rings. The number of likely N-dealkylation sites (tertiary alicyclic amines) is 1. The summed E-state index contributed by atoms with van der Waals surface area (Å²) < 4.78 is 1.78. The van der Waals surface area contributed by atoms with Gasteiger partial charge in [0.1, 0.15) is 0 Å². The first-order valence-electron chi connectivity index (χ1n) is 9.57. The van der Waals surface area contributed by atoms with Gasteiger partial charge in [-0.2, -0.15) is 4.98 Å². The van der Waals surface area contributed by atoms with Crippen LogP contribution in [0.15, 0.2) is 5.16 Å². The van der Waals surface area contributed by atoms with E-state index in [0.717, 1.165) is 29.8 Å². The Morgan fingerprint density at radius 3 is 2.77 bits per heavy atom. The van der Waals surface area contributed by atoms with Crippen molar-refractivity contribution in [2.45, 2.75) is 76.5 Å². The zero-order chi connectivity index (χ0) is 18.4. The zero-order valence-corrected chi connectivity index (χ0v) is 16.8. The van der Waals surface area contributed by atoms with E-state index < -0.39 is 0 Å². The summed E-state index contributed by atoms with van der Waals surface area (Å²) in [5.74, 6) is 1.55. The van der Waals surface area contributed by atoms with Crippen molar-refractivity contribution in [3.05, 3.63) is 17.0 Å². The highest BCUT2D eigenvalue weighted by atomic mass is 32.2. The summed E-state index contributed by atoms with van der Waals surface area (Å²) in [4.78, 5) is 24.4. The van der Waals surface area contributed by atoms with E-state index in [1.165, 1.54) is 31.0 Å². The number of hydrogen-bond acceptors (Lipinski definition) is 5. The Balaban J connectivity index is 1.63. The van der Waals surface area contributed by atoms with Crippen molar-refractivity contribution < 1.29 is 4.79 Å². The molecule has 2 aromatic rings. The van der Waals surface area contributed by atoms with Gasteiger partial charge in [0, 0.05) is 29.0 Å². The number of aryl methyl sites for hydroxylation is 2. The number of carbonyl (C=O) groups excluding carboxylic acids is 1. The first-order chi connectivity index (χ1) is 12.5. The monoisotopic (exact) mass is 373 g/mol. The molecule has 0 radical (unpaired) electrons. The fourth-order valence-electron chi connectivity index (χ4n) is 4.91. The van der Waals surface area contributed by atoms with Gasteiger partial charge in [0.15, 0.2) is 0 Å². The molecule has 2 aromatic heterocycles. The van der Waals surface area contributed by atoms with Gasteiger partial charge in [-0.1, -0.05) is 24.6 Å². The van der Waals surface area contributed by atoms with Crippen LogP contribution in [0.5, 0.6) is 0 Å². The third kappa shape index (κ3) is 2.90. The highest BCUT2D eigenvalue weighted by molar-refractivity contribution is 7.98. The molecule has 1 saturated carbocycles. The summed E-state index contributed by atoms with van der Waals surface area (Å²) >= 11 is 1.50. The summed E-state index contributed by atoms with van der Waals surface area (Å²) in [6, 6.07) is 0.792.